The van der Waals surface area contributed by atoms with E-state index in [2.05, 4.69) is 15.0 Å². The summed E-state index contributed by atoms with van der Waals surface area (Å²) >= 11 is 1.13. The highest BCUT2D eigenvalue weighted by atomic mass is 32.2. The van der Waals surface area contributed by atoms with Crippen LogP contribution in [0.1, 0.15) is 18.6 Å². The Morgan fingerprint density at radius 1 is 0.975 bits per heavy atom. The number of ether oxygens (including phenoxy) is 4. The van der Waals surface area contributed by atoms with Crippen molar-refractivity contribution in [2.45, 2.75) is 24.3 Å². The van der Waals surface area contributed by atoms with Gasteiger partial charge in [-0.1, -0.05) is 42.5 Å². The minimum Gasteiger partial charge on any atom is -0.493 e. The molecule has 40 heavy (non-hydrogen) atoms. The smallest absolute Gasteiger partial charge is 0.493 e. The molecule has 0 saturated heterocycles. The Labute approximate surface area is 231 Å². The SMILES string of the molecule is CCS(=O)(=O)c1ccc(C(Oc2ccccc2OC(F)(F)F)C(=O)Nc2nc3cc(OC)c(OC)cc3s2)cc1. The fourth-order valence-electron chi connectivity index (χ4n) is 3.65. The molecular formula is C26H23F3N2O7S2. The molecule has 1 unspecified atom stereocenters. The third-order valence-corrected chi connectivity index (χ3v) is 8.29. The van der Waals surface area contributed by atoms with Crippen LogP contribution in [0.15, 0.2) is 65.6 Å². The normalized spacial score (nSPS) is 12.6. The molecule has 0 bridgehead atoms. The van der Waals surface area contributed by atoms with Crippen LogP contribution < -0.4 is 24.3 Å². The maximum absolute atomic E-state index is 13.5. The van der Waals surface area contributed by atoms with Gasteiger partial charge in [-0.05, 0) is 24.3 Å². The van der Waals surface area contributed by atoms with Crippen molar-refractivity contribution in [3.63, 3.8) is 0 Å². The number of nitrogens with one attached hydrogen (secondary N) is 1. The summed E-state index contributed by atoms with van der Waals surface area (Å²) in [5, 5.41) is 2.80. The monoisotopic (exact) mass is 596 g/mol. The minimum absolute atomic E-state index is 0.0211. The van der Waals surface area contributed by atoms with E-state index in [1.807, 2.05) is 0 Å². The average molecular weight is 597 g/mol. The molecule has 14 heteroatoms. The highest BCUT2D eigenvalue weighted by molar-refractivity contribution is 7.91. The number of rotatable bonds is 10. The Bertz CT molecular complexity index is 1580. The number of para-hydroxylation sites is 2. The lowest BCUT2D eigenvalue weighted by Crippen LogP contribution is -2.26. The third kappa shape index (κ3) is 6.57. The number of thiazole rings is 1. The first kappa shape index (κ1) is 29.0. The largest absolute Gasteiger partial charge is 0.573 e. The number of nitrogens with zero attached hydrogens (tertiary/aromatic N) is 1. The van der Waals surface area contributed by atoms with E-state index in [4.69, 9.17) is 14.2 Å². The predicted octanol–water partition coefficient (Wildman–Crippen LogP) is 5.76. The van der Waals surface area contributed by atoms with Crippen molar-refractivity contribution >= 4 is 42.4 Å². The molecule has 0 saturated carbocycles. The zero-order chi connectivity index (χ0) is 29.1. The van der Waals surface area contributed by atoms with Crippen molar-refractivity contribution in [1.82, 2.24) is 4.98 Å². The van der Waals surface area contributed by atoms with Gasteiger partial charge in [0.15, 0.2) is 38.0 Å². The van der Waals surface area contributed by atoms with Gasteiger partial charge in [-0.15, -0.1) is 13.2 Å². The van der Waals surface area contributed by atoms with Gasteiger partial charge in [-0.25, -0.2) is 13.4 Å². The molecule has 0 spiro atoms. The van der Waals surface area contributed by atoms with Crippen LogP contribution in [0.25, 0.3) is 10.2 Å². The number of hydrogen-bond donors (Lipinski definition) is 1. The van der Waals surface area contributed by atoms with Crippen LogP contribution in [-0.2, 0) is 14.6 Å². The Morgan fingerprint density at radius 3 is 2.20 bits per heavy atom. The van der Waals surface area contributed by atoms with Crippen LogP contribution in [0.4, 0.5) is 18.3 Å². The predicted molar refractivity (Wildman–Crippen MR) is 142 cm³/mol. The van der Waals surface area contributed by atoms with Crippen molar-refractivity contribution < 1.29 is 45.3 Å². The number of aromatic nitrogens is 1. The van der Waals surface area contributed by atoms with E-state index >= 15 is 0 Å². The first-order valence-corrected chi connectivity index (χ1v) is 14.1. The van der Waals surface area contributed by atoms with E-state index in [0.717, 1.165) is 17.4 Å². The molecular weight excluding hydrogens is 573 g/mol. The van der Waals surface area contributed by atoms with Gasteiger partial charge in [-0.2, -0.15) is 0 Å². The number of benzene rings is 3. The molecule has 1 heterocycles. The molecule has 1 atom stereocenters. The number of methoxy groups -OCH3 is 2. The Morgan fingerprint density at radius 2 is 1.60 bits per heavy atom. The van der Waals surface area contributed by atoms with Gasteiger partial charge in [0.1, 0.15) is 0 Å². The maximum atomic E-state index is 13.5. The lowest BCUT2D eigenvalue weighted by atomic mass is 10.1. The summed E-state index contributed by atoms with van der Waals surface area (Å²) in [7, 11) is -0.588. The standard InChI is InChI=1S/C26H23F3N2O7S2/c1-4-40(33,34)16-11-9-15(10-12-16)23(37-18-7-5-6-8-19(18)38-26(27,28)29)24(32)31-25-30-17-13-20(35-2)21(36-3)14-22(17)39-25/h5-14,23H,4H2,1-3H3,(H,30,31,32). The number of fused-ring (bicyclic) bond motifs is 1. The molecule has 3 aromatic carbocycles. The van der Waals surface area contributed by atoms with Gasteiger partial charge in [0, 0.05) is 17.7 Å². The number of halogens is 3. The van der Waals surface area contributed by atoms with E-state index in [9.17, 15) is 26.4 Å². The van der Waals surface area contributed by atoms with Crippen molar-refractivity contribution in [2.24, 2.45) is 0 Å². The van der Waals surface area contributed by atoms with Crippen LogP contribution in [0.2, 0.25) is 0 Å². The Kier molecular flexibility index (Phi) is 8.40. The fourth-order valence-corrected chi connectivity index (χ4v) is 5.42. The third-order valence-electron chi connectivity index (χ3n) is 5.60. The van der Waals surface area contributed by atoms with Crippen molar-refractivity contribution in [3.05, 3.63) is 66.2 Å². The van der Waals surface area contributed by atoms with E-state index < -0.39 is 34.0 Å². The fraction of sp³-hybridized carbons (Fsp3) is 0.231. The molecule has 9 nitrogen and oxygen atoms in total. The van der Waals surface area contributed by atoms with Crippen molar-refractivity contribution in [1.29, 1.82) is 0 Å². The molecule has 4 aromatic rings. The number of hydrogen-bond acceptors (Lipinski definition) is 9. The molecule has 212 valence electrons. The number of carbonyl (C=O) groups excluding carboxylic acids is 1. The first-order valence-electron chi connectivity index (χ1n) is 11.6. The van der Waals surface area contributed by atoms with Crippen molar-refractivity contribution in [2.75, 3.05) is 25.3 Å². The molecule has 0 aliphatic carbocycles. The van der Waals surface area contributed by atoms with Crippen LogP contribution in [-0.4, -0.2) is 45.6 Å². The highest BCUT2D eigenvalue weighted by Crippen LogP contribution is 2.38. The summed E-state index contributed by atoms with van der Waals surface area (Å²) < 4.78 is 84.5. The number of amides is 1. The number of carbonyl (C=O) groups is 1. The summed E-state index contributed by atoms with van der Waals surface area (Å²) in [4.78, 5) is 17.9. The van der Waals surface area contributed by atoms with E-state index in [1.54, 1.807) is 12.1 Å². The zero-order valence-corrected chi connectivity index (χ0v) is 22.9. The van der Waals surface area contributed by atoms with Crippen LogP contribution >= 0.6 is 11.3 Å². The van der Waals surface area contributed by atoms with Gasteiger partial charge in [0.25, 0.3) is 5.91 Å². The molecule has 1 aromatic heterocycles. The second-order valence-corrected chi connectivity index (χ2v) is 11.5. The Balaban J connectivity index is 1.70. The second-order valence-electron chi connectivity index (χ2n) is 8.15. The van der Waals surface area contributed by atoms with E-state index in [-0.39, 0.29) is 27.1 Å². The number of anilines is 1. The first-order chi connectivity index (χ1) is 18.9. The van der Waals surface area contributed by atoms with Crippen LogP contribution in [0.3, 0.4) is 0 Å². The molecule has 1 N–H and O–H groups in total. The molecule has 0 radical (unpaired) electrons. The summed E-state index contributed by atoms with van der Waals surface area (Å²) in [6, 6.07) is 13.6. The second kappa shape index (κ2) is 11.6. The van der Waals surface area contributed by atoms with Gasteiger partial charge < -0.3 is 18.9 Å². The molecule has 0 aliphatic heterocycles. The molecule has 1 amide bonds. The van der Waals surface area contributed by atoms with Crippen molar-refractivity contribution in [3.8, 4) is 23.0 Å². The van der Waals surface area contributed by atoms with Gasteiger partial charge in [0.05, 0.1) is 35.1 Å². The Hall–Kier alpha value is -4.04. The average Bonchev–Trinajstić information content (AvgIpc) is 3.31. The lowest BCUT2D eigenvalue weighted by molar-refractivity contribution is -0.275. The summed E-state index contributed by atoms with van der Waals surface area (Å²) in [5.74, 6) is -1.03. The zero-order valence-electron chi connectivity index (χ0n) is 21.3. The van der Waals surface area contributed by atoms with E-state index in [0.29, 0.717) is 21.7 Å². The molecule has 0 aliphatic rings. The quantitative estimate of drug-likeness (QED) is 0.246. The molecule has 4 rings (SSSR count). The van der Waals surface area contributed by atoms with Gasteiger partial charge in [-0.3, -0.25) is 10.1 Å². The topological polar surface area (TPSA) is 113 Å². The summed E-state index contributed by atoms with van der Waals surface area (Å²) in [5.41, 5.74) is 0.687. The lowest BCUT2D eigenvalue weighted by Gasteiger charge is -2.21. The summed E-state index contributed by atoms with van der Waals surface area (Å²) in [6.45, 7) is 1.49. The van der Waals surface area contributed by atoms with Crippen LogP contribution in [0, 0.1) is 0 Å². The van der Waals surface area contributed by atoms with Gasteiger partial charge >= 0.3 is 6.36 Å². The minimum atomic E-state index is -5.00. The maximum Gasteiger partial charge on any atom is 0.573 e. The molecule has 0 fully saturated rings. The highest BCUT2D eigenvalue weighted by Gasteiger charge is 2.33. The number of alkyl halides is 3. The van der Waals surface area contributed by atoms with Gasteiger partial charge in [0.2, 0.25) is 6.10 Å². The summed E-state index contributed by atoms with van der Waals surface area (Å²) in [6.07, 6.45) is -6.51. The van der Waals surface area contributed by atoms with E-state index in [1.165, 1.54) is 63.6 Å². The van der Waals surface area contributed by atoms with Crippen LogP contribution in [0.5, 0.6) is 23.0 Å². The number of sulfone groups is 1.